The molecule has 1 heteroatoms. The Labute approximate surface area is 93.4 Å². The zero-order valence-electron chi connectivity index (χ0n) is 9.82. The fourth-order valence-electron chi connectivity index (χ4n) is 1.45. The Hall–Kier alpha value is -1.08. The monoisotopic (exact) mass is 203 g/mol. The topological polar surface area (TPSA) is 3.24 Å². The van der Waals surface area contributed by atoms with Crippen molar-refractivity contribution in [2.45, 2.75) is 19.8 Å². The lowest BCUT2D eigenvalue weighted by molar-refractivity contribution is 0.363. The standard InChI is InChI=1S/C14H21N/c1-3-4-12-15(2)13-8-11-14-9-6-5-7-10-14/h5-11H,3-4,12-13H2,1-2H3/b11-8+. The van der Waals surface area contributed by atoms with Gasteiger partial charge in [0.1, 0.15) is 0 Å². The van der Waals surface area contributed by atoms with Crippen LogP contribution in [0.25, 0.3) is 6.08 Å². The second-order valence-corrected chi connectivity index (χ2v) is 3.93. The molecule has 0 radical (unpaired) electrons. The van der Waals surface area contributed by atoms with Gasteiger partial charge in [0.2, 0.25) is 0 Å². The number of nitrogens with zero attached hydrogens (tertiary/aromatic N) is 1. The third-order valence-corrected chi connectivity index (χ3v) is 2.42. The summed E-state index contributed by atoms with van der Waals surface area (Å²) in [7, 11) is 2.17. The Morgan fingerprint density at radius 2 is 1.93 bits per heavy atom. The van der Waals surface area contributed by atoms with Crippen molar-refractivity contribution in [3.63, 3.8) is 0 Å². The summed E-state index contributed by atoms with van der Waals surface area (Å²) in [4.78, 5) is 2.35. The first-order valence-corrected chi connectivity index (χ1v) is 5.73. The minimum absolute atomic E-state index is 1.04. The smallest absolute Gasteiger partial charge is 0.0163 e. The molecule has 0 atom stereocenters. The lowest BCUT2D eigenvalue weighted by atomic mass is 10.2. The molecule has 0 saturated carbocycles. The lowest BCUT2D eigenvalue weighted by Crippen LogP contribution is -2.19. The highest BCUT2D eigenvalue weighted by molar-refractivity contribution is 5.48. The summed E-state index contributed by atoms with van der Waals surface area (Å²) < 4.78 is 0. The van der Waals surface area contributed by atoms with Crippen molar-refractivity contribution in [2.24, 2.45) is 0 Å². The van der Waals surface area contributed by atoms with Crippen LogP contribution in [0.4, 0.5) is 0 Å². The minimum Gasteiger partial charge on any atom is -0.303 e. The third kappa shape index (κ3) is 5.38. The van der Waals surface area contributed by atoms with Gasteiger partial charge in [-0.05, 0) is 25.6 Å². The number of rotatable bonds is 6. The number of benzene rings is 1. The predicted octanol–water partition coefficient (Wildman–Crippen LogP) is 3.43. The summed E-state index contributed by atoms with van der Waals surface area (Å²) in [5.41, 5.74) is 1.28. The van der Waals surface area contributed by atoms with E-state index in [0.717, 1.165) is 6.54 Å². The highest BCUT2D eigenvalue weighted by Gasteiger charge is 1.92. The van der Waals surface area contributed by atoms with Gasteiger partial charge in [0.25, 0.3) is 0 Å². The first kappa shape index (κ1) is 12.0. The SMILES string of the molecule is CCCCN(C)C/C=C/c1ccccc1. The molecule has 0 heterocycles. The van der Waals surface area contributed by atoms with Crippen molar-refractivity contribution in [3.05, 3.63) is 42.0 Å². The molecule has 1 nitrogen and oxygen atoms in total. The van der Waals surface area contributed by atoms with Crippen LogP contribution in [0.1, 0.15) is 25.3 Å². The summed E-state index contributed by atoms with van der Waals surface area (Å²) in [5, 5.41) is 0. The van der Waals surface area contributed by atoms with E-state index in [9.17, 15) is 0 Å². The average Bonchev–Trinajstić information content (AvgIpc) is 2.28. The van der Waals surface area contributed by atoms with Crippen LogP contribution in [-0.2, 0) is 0 Å². The molecule has 0 unspecified atom stereocenters. The maximum atomic E-state index is 2.35. The van der Waals surface area contributed by atoms with Gasteiger partial charge >= 0.3 is 0 Å². The van der Waals surface area contributed by atoms with Crippen molar-refractivity contribution < 1.29 is 0 Å². The van der Waals surface area contributed by atoms with Gasteiger partial charge in [0, 0.05) is 6.54 Å². The van der Waals surface area contributed by atoms with Crippen molar-refractivity contribution in [3.8, 4) is 0 Å². The van der Waals surface area contributed by atoms with Gasteiger partial charge in [-0.25, -0.2) is 0 Å². The van der Waals surface area contributed by atoms with E-state index in [1.165, 1.54) is 24.9 Å². The molecule has 15 heavy (non-hydrogen) atoms. The van der Waals surface area contributed by atoms with Gasteiger partial charge < -0.3 is 4.90 Å². The van der Waals surface area contributed by atoms with Gasteiger partial charge in [0.05, 0.1) is 0 Å². The van der Waals surface area contributed by atoms with Crippen molar-refractivity contribution in [1.29, 1.82) is 0 Å². The Morgan fingerprint density at radius 1 is 1.20 bits per heavy atom. The van der Waals surface area contributed by atoms with Crippen molar-refractivity contribution in [2.75, 3.05) is 20.1 Å². The van der Waals surface area contributed by atoms with Gasteiger partial charge in [-0.3, -0.25) is 0 Å². The average molecular weight is 203 g/mol. The zero-order valence-corrected chi connectivity index (χ0v) is 9.82. The molecule has 0 fully saturated rings. The Bertz CT molecular complexity index is 277. The quantitative estimate of drug-likeness (QED) is 0.684. The maximum absolute atomic E-state index is 2.35. The molecular weight excluding hydrogens is 182 g/mol. The number of likely N-dealkylation sites (N-methyl/N-ethyl adjacent to an activating group) is 1. The van der Waals surface area contributed by atoms with E-state index >= 15 is 0 Å². The molecule has 0 aliphatic heterocycles. The van der Waals surface area contributed by atoms with Gasteiger partial charge in [-0.15, -0.1) is 0 Å². The first-order chi connectivity index (χ1) is 7.33. The highest BCUT2D eigenvalue weighted by Crippen LogP contribution is 2.01. The molecule has 0 amide bonds. The van der Waals surface area contributed by atoms with Gasteiger partial charge in [-0.1, -0.05) is 55.8 Å². The molecular formula is C14H21N. The van der Waals surface area contributed by atoms with Gasteiger partial charge in [-0.2, -0.15) is 0 Å². The molecule has 0 aliphatic carbocycles. The normalized spacial score (nSPS) is 11.4. The van der Waals surface area contributed by atoms with Crippen LogP contribution >= 0.6 is 0 Å². The molecule has 0 aromatic heterocycles. The molecule has 1 rings (SSSR count). The fraction of sp³-hybridized carbons (Fsp3) is 0.429. The largest absolute Gasteiger partial charge is 0.303 e. The molecule has 0 aliphatic rings. The number of hydrogen-bond donors (Lipinski definition) is 0. The summed E-state index contributed by atoms with van der Waals surface area (Å²) >= 11 is 0. The lowest BCUT2D eigenvalue weighted by Gasteiger charge is -2.12. The van der Waals surface area contributed by atoms with Crippen LogP contribution in [0, 0.1) is 0 Å². The molecule has 1 aromatic carbocycles. The predicted molar refractivity (Wildman–Crippen MR) is 67.9 cm³/mol. The van der Waals surface area contributed by atoms with Crippen molar-refractivity contribution in [1.82, 2.24) is 4.90 Å². The second kappa shape index (κ2) is 7.24. The molecule has 0 bridgehead atoms. The highest BCUT2D eigenvalue weighted by atomic mass is 15.1. The van der Waals surface area contributed by atoms with E-state index in [1.807, 2.05) is 6.07 Å². The Balaban J connectivity index is 2.27. The van der Waals surface area contributed by atoms with E-state index in [-0.39, 0.29) is 0 Å². The van der Waals surface area contributed by atoms with Crippen LogP contribution in [0.2, 0.25) is 0 Å². The summed E-state index contributed by atoms with van der Waals surface area (Å²) in [6, 6.07) is 10.4. The summed E-state index contributed by atoms with van der Waals surface area (Å²) in [5.74, 6) is 0. The summed E-state index contributed by atoms with van der Waals surface area (Å²) in [6.45, 7) is 4.46. The van der Waals surface area contributed by atoms with Crippen LogP contribution in [0.15, 0.2) is 36.4 Å². The van der Waals surface area contributed by atoms with Gasteiger partial charge in [0.15, 0.2) is 0 Å². The van der Waals surface area contributed by atoms with Crippen molar-refractivity contribution >= 4 is 6.08 Å². The zero-order chi connectivity index (χ0) is 10.9. The minimum atomic E-state index is 1.04. The van der Waals surface area contributed by atoms with E-state index in [4.69, 9.17) is 0 Å². The second-order valence-electron chi connectivity index (χ2n) is 3.93. The van der Waals surface area contributed by atoms with Crippen LogP contribution in [-0.4, -0.2) is 25.0 Å². The Morgan fingerprint density at radius 3 is 2.60 bits per heavy atom. The third-order valence-electron chi connectivity index (χ3n) is 2.42. The van der Waals surface area contributed by atoms with Crippen LogP contribution < -0.4 is 0 Å². The molecule has 0 spiro atoms. The van der Waals surface area contributed by atoms with E-state index in [2.05, 4.69) is 55.3 Å². The van der Waals surface area contributed by atoms with Crippen LogP contribution in [0.3, 0.4) is 0 Å². The molecule has 1 aromatic rings. The van der Waals surface area contributed by atoms with Crippen LogP contribution in [0.5, 0.6) is 0 Å². The first-order valence-electron chi connectivity index (χ1n) is 5.73. The number of unbranched alkanes of at least 4 members (excludes halogenated alkanes) is 1. The number of hydrogen-bond acceptors (Lipinski definition) is 1. The maximum Gasteiger partial charge on any atom is 0.0163 e. The van der Waals surface area contributed by atoms with E-state index in [1.54, 1.807) is 0 Å². The Kier molecular flexibility index (Phi) is 5.79. The summed E-state index contributed by atoms with van der Waals surface area (Å²) in [6.07, 6.45) is 6.97. The molecule has 82 valence electrons. The van der Waals surface area contributed by atoms with E-state index in [0.29, 0.717) is 0 Å². The molecule has 0 saturated heterocycles. The fourth-order valence-corrected chi connectivity index (χ4v) is 1.45. The molecule has 0 N–H and O–H groups in total. The van der Waals surface area contributed by atoms with E-state index < -0.39 is 0 Å².